The van der Waals surface area contributed by atoms with Crippen LogP contribution in [0.15, 0.2) is 70.6 Å². The zero-order chi connectivity index (χ0) is 28.1. The fourth-order valence-corrected chi connectivity index (χ4v) is 4.75. The molecule has 2 aromatic carbocycles. The molecule has 0 radical (unpaired) electrons. The first-order chi connectivity index (χ1) is 18.5. The summed E-state index contributed by atoms with van der Waals surface area (Å²) in [6.07, 6.45) is 0.247. The number of aryl methyl sites for hydroxylation is 3. The molecule has 0 bridgehead atoms. The Balaban J connectivity index is 1.86. The summed E-state index contributed by atoms with van der Waals surface area (Å²) in [4.78, 5) is 36.3. The molecule has 0 saturated heterocycles. The SMILES string of the molecule is CCn1cc2c(-c3ccc(Cl)cc3)c(-c3cnc(C)nc3)c(=O)n(Cc3ccc(C(F)(F)F)cc3C)n2c1=O. The van der Waals surface area contributed by atoms with Crippen molar-refractivity contribution in [2.75, 3.05) is 0 Å². The summed E-state index contributed by atoms with van der Waals surface area (Å²) in [7, 11) is 0. The number of rotatable bonds is 5. The molecule has 0 amide bonds. The van der Waals surface area contributed by atoms with Gasteiger partial charge in [0.05, 0.1) is 23.2 Å². The first kappa shape index (κ1) is 26.4. The zero-order valence-corrected chi connectivity index (χ0v) is 22.0. The molecule has 0 N–H and O–H groups in total. The maximum atomic E-state index is 14.3. The van der Waals surface area contributed by atoms with E-state index >= 15 is 0 Å². The van der Waals surface area contributed by atoms with Crippen molar-refractivity contribution in [1.29, 1.82) is 0 Å². The molecule has 0 aliphatic rings. The van der Waals surface area contributed by atoms with Crippen LogP contribution < -0.4 is 11.2 Å². The van der Waals surface area contributed by atoms with Crippen LogP contribution in [0, 0.1) is 13.8 Å². The summed E-state index contributed by atoms with van der Waals surface area (Å²) in [6, 6.07) is 10.2. The predicted octanol–water partition coefficient (Wildman–Crippen LogP) is 5.74. The summed E-state index contributed by atoms with van der Waals surface area (Å²) in [6.45, 7) is 5.29. The van der Waals surface area contributed by atoms with Crippen LogP contribution in [0.1, 0.15) is 29.4 Å². The number of hydrogen-bond donors (Lipinski definition) is 0. The smallest absolute Gasteiger partial charge is 0.297 e. The molecule has 0 spiro atoms. The Morgan fingerprint density at radius 3 is 2.18 bits per heavy atom. The highest BCUT2D eigenvalue weighted by Crippen LogP contribution is 2.34. The van der Waals surface area contributed by atoms with Crippen molar-refractivity contribution in [2.24, 2.45) is 0 Å². The van der Waals surface area contributed by atoms with Gasteiger partial charge in [-0.15, -0.1) is 0 Å². The Labute approximate surface area is 225 Å². The number of benzene rings is 2. The van der Waals surface area contributed by atoms with Crippen LogP contribution in [0.3, 0.4) is 0 Å². The third kappa shape index (κ3) is 4.76. The third-order valence-electron chi connectivity index (χ3n) is 6.66. The summed E-state index contributed by atoms with van der Waals surface area (Å²) in [5.41, 5.74) is 1.34. The molecule has 3 heterocycles. The molecule has 0 aliphatic heterocycles. The van der Waals surface area contributed by atoms with E-state index in [1.54, 1.807) is 51.2 Å². The van der Waals surface area contributed by atoms with E-state index in [9.17, 15) is 22.8 Å². The van der Waals surface area contributed by atoms with Gasteiger partial charge in [-0.25, -0.2) is 19.4 Å². The van der Waals surface area contributed by atoms with Crippen LogP contribution in [0.5, 0.6) is 0 Å². The predicted molar refractivity (Wildman–Crippen MR) is 143 cm³/mol. The highest BCUT2D eigenvalue weighted by Gasteiger charge is 2.31. The Morgan fingerprint density at radius 2 is 1.59 bits per heavy atom. The van der Waals surface area contributed by atoms with Crippen molar-refractivity contribution < 1.29 is 13.2 Å². The molecular weight excluding hydrogens is 531 g/mol. The van der Waals surface area contributed by atoms with Crippen LogP contribution in [0.2, 0.25) is 5.02 Å². The van der Waals surface area contributed by atoms with Crippen molar-refractivity contribution >= 4 is 17.1 Å². The standard InChI is InChI=1S/C28H23ClF3N5O2/c1-4-35-15-23-24(18-6-9-22(29)10-7-18)25(20-12-33-17(3)34-13-20)26(38)36(37(23)27(35)39)14-19-5-8-21(11-16(19)2)28(30,31)32/h5-13,15H,4,14H2,1-3H3. The molecule has 0 unspecified atom stereocenters. The average Bonchev–Trinajstić information content (AvgIpc) is 3.22. The minimum absolute atomic E-state index is 0.131. The van der Waals surface area contributed by atoms with Crippen molar-refractivity contribution in [3.05, 3.63) is 109 Å². The van der Waals surface area contributed by atoms with Gasteiger partial charge in [-0.3, -0.25) is 9.36 Å². The first-order valence-electron chi connectivity index (χ1n) is 12.1. The third-order valence-corrected chi connectivity index (χ3v) is 6.91. The maximum absolute atomic E-state index is 14.3. The molecule has 5 rings (SSSR count). The number of halogens is 4. The number of alkyl halides is 3. The number of imidazole rings is 1. The molecule has 39 heavy (non-hydrogen) atoms. The lowest BCUT2D eigenvalue weighted by Gasteiger charge is -2.18. The molecule has 7 nitrogen and oxygen atoms in total. The highest BCUT2D eigenvalue weighted by molar-refractivity contribution is 6.30. The molecule has 0 fully saturated rings. The highest BCUT2D eigenvalue weighted by atomic mass is 35.5. The van der Waals surface area contributed by atoms with E-state index in [1.807, 2.05) is 0 Å². The molecule has 5 aromatic rings. The maximum Gasteiger partial charge on any atom is 0.416 e. The number of nitrogens with zero attached hydrogens (tertiary/aromatic N) is 5. The molecule has 11 heteroatoms. The number of hydrogen-bond acceptors (Lipinski definition) is 4. The molecular formula is C28H23ClF3N5O2. The molecule has 0 aliphatic carbocycles. The van der Waals surface area contributed by atoms with Gasteiger partial charge in [0.2, 0.25) is 0 Å². The Hall–Kier alpha value is -4.18. The van der Waals surface area contributed by atoms with Gasteiger partial charge in [0.15, 0.2) is 0 Å². The Bertz CT molecular complexity index is 1820. The minimum Gasteiger partial charge on any atom is -0.297 e. The lowest BCUT2D eigenvalue weighted by molar-refractivity contribution is -0.137. The second kappa shape index (κ2) is 9.85. The molecule has 0 atom stereocenters. The monoisotopic (exact) mass is 553 g/mol. The van der Waals surface area contributed by atoms with Gasteiger partial charge < -0.3 is 0 Å². The van der Waals surface area contributed by atoms with E-state index in [2.05, 4.69) is 9.97 Å². The van der Waals surface area contributed by atoms with Gasteiger partial charge >= 0.3 is 11.9 Å². The zero-order valence-electron chi connectivity index (χ0n) is 21.3. The average molecular weight is 554 g/mol. The van der Waals surface area contributed by atoms with Crippen LogP contribution in [-0.4, -0.2) is 23.7 Å². The van der Waals surface area contributed by atoms with Crippen LogP contribution >= 0.6 is 11.6 Å². The van der Waals surface area contributed by atoms with E-state index in [0.29, 0.717) is 50.7 Å². The lowest BCUT2D eigenvalue weighted by Crippen LogP contribution is -2.35. The fourth-order valence-electron chi connectivity index (χ4n) is 4.62. The van der Waals surface area contributed by atoms with Crippen LogP contribution in [0.4, 0.5) is 13.2 Å². The largest absolute Gasteiger partial charge is 0.416 e. The molecule has 3 aromatic heterocycles. The van der Waals surface area contributed by atoms with Crippen LogP contribution in [-0.2, 0) is 19.3 Å². The van der Waals surface area contributed by atoms with Crippen molar-refractivity contribution in [3.63, 3.8) is 0 Å². The molecule has 0 saturated carbocycles. The van der Waals surface area contributed by atoms with Gasteiger partial charge in [-0.05, 0) is 61.7 Å². The normalized spacial score (nSPS) is 11.9. The Kier molecular flexibility index (Phi) is 6.67. The summed E-state index contributed by atoms with van der Waals surface area (Å²) in [5.74, 6) is 0.516. The van der Waals surface area contributed by atoms with Gasteiger partial charge in [-0.1, -0.05) is 29.8 Å². The van der Waals surface area contributed by atoms with Crippen LogP contribution in [0.25, 0.3) is 27.8 Å². The summed E-state index contributed by atoms with van der Waals surface area (Å²) < 4.78 is 43.8. The summed E-state index contributed by atoms with van der Waals surface area (Å²) in [5, 5.41) is 0.504. The van der Waals surface area contributed by atoms with Crippen molar-refractivity contribution in [1.82, 2.24) is 23.7 Å². The Morgan fingerprint density at radius 1 is 0.923 bits per heavy atom. The van der Waals surface area contributed by atoms with E-state index in [1.165, 1.54) is 32.2 Å². The molecule has 200 valence electrons. The first-order valence-corrected chi connectivity index (χ1v) is 12.5. The van der Waals surface area contributed by atoms with E-state index in [4.69, 9.17) is 11.6 Å². The summed E-state index contributed by atoms with van der Waals surface area (Å²) >= 11 is 6.13. The van der Waals surface area contributed by atoms with E-state index in [0.717, 1.165) is 12.1 Å². The topological polar surface area (TPSA) is 74.2 Å². The quantitative estimate of drug-likeness (QED) is 0.278. The van der Waals surface area contributed by atoms with E-state index in [-0.39, 0.29) is 12.1 Å². The van der Waals surface area contributed by atoms with Gasteiger partial charge in [0.1, 0.15) is 5.82 Å². The van der Waals surface area contributed by atoms with Gasteiger partial charge in [-0.2, -0.15) is 17.7 Å². The van der Waals surface area contributed by atoms with Crippen molar-refractivity contribution in [3.8, 4) is 22.3 Å². The van der Waals surface area contributed by atoms with Gasteiger partial charge in [0.25, 0.3) is 5.56 Å². The minimum atomic E-state index is -4.50. The fraction of sp³-hybridized carbons (Fsp3) is 0.214. The second-order valence-corrected chi connectivity index (χ2v) is 9.61. The number of aromatic nitrogens is 5. The van der Waals surface area contributed by atoms with Crippen molar-refractivity contribution in [2.45, 2.75) is 40.0 Å². The second-order valence-electron chi connectivity index (χ2n) is 9.17. The van der Waals surface area contributed by atoms with E-state index < -0.39 is 23.0 Å². The van der Waals surface area contributed by atoms with Gasteiger partial charge in [0, 0.05) is 41.3 Å². The number of fused-ring (bicyclic) bond motifs is 1. The lowest BCUT2D eigenvalue weighted by atomic mass is 9.97.